The lowest BCUT2D eigenvalue weighted by molar-refractivity contribution is -0.121. The van der Waals surface area contributed by atoms with E-state index in [9.17, 15) is 9.59 Å². The van der Waals surface area contributed by atoms with Crippen molar-refractivity contribution in [2.45, 2.75) is 25.9 Å². The van der Waals surface area contributed by atoms with Crippen LogP contribution in [0.3, 0.4) is 0 Å². The minimum Gasteiger partial charge on any atom is -0.338 e. The van der Waals surface area contributed by atoms with Crippen LogP contribution >= 0.6 is 0 Å². The van der Waals surface area contributed by atoms with Crippen molar-refractivity contribution >= 4 is 17.5 Å². The van der Waals surface area contributed by atoms with Crippen LogP contribution in [0.5, 0.6) is 0 Å². The average Bonchev–Trinajstić information content (AvgIpc) is 3.01. The molecular formula is C14H14N4O3. The summed E-state index contributed by atoms with van der Waals surface area (Å²) in [5.74, 6) is 0.449. The lowest BCUT2D eigenvalue weighted by Gasteiger charge is -2.14. The van der Waals surface area contributed by atoms with E-state index in [0.29, 0.717) is 17.4 Å². The molecule has 1 aromatic carbocycles. The Morgan fingerprint density at radius 3 is 2.76 bits per heavy atom. The highest BCUT2D eigenvalue weighted by atomic mass is 16.5. The van der Waals surface area contributed by atoms with Gasteiger partial charge in [0.25, 0.3) is 5.91 Å². The van der Waals surface area contributed by atoms with Crippen molar-refractivity contribution in [3.05, 3.63) is 42.0 Å². The fourth-order valence-electron chi connectivity index (χ4n) is 2.26. The molecule has 21 heavy (non-hydrogen) atoms. The van der Waals surface area contributed by atoms with Crippen molar-refractivity contribution < 1.29 is 14.1 Å². The Kier molecular flexibility index (Phi) is 3.49. The zero-order valence-electron chi connectivity index (χ0n) is 11.4. The third-order valence-corrected chi connectivity index (χ3v) is 3.23. The summed E-state index contributed by atoms with van der Waals surface area (Å²) < 4.78 is 4.96. The Bertz CT molecular complexity index is 668. The molecule has 1 fully saturated rings. The number of nitrogens with one attached hydrogen (secondary N) is 1. The van der Waals surface area contributed by atoms with Gasteiger partial charge < -0.3 is 4.52 Å². The average molecular weight is 286 g/mol. The first-order valence-corrected chi connectivity index (χ1v) is 6.59. The summed E-state index contributed by atoms with van der Waals surface area (Å²) >= 11 is 0. The fourth-order valence-corrected chi connectivity index (χ4v) is 2.26. The Balaban J connectivity index is 1.69. The topological polar surface area (TPSA) is 88.3 Å². The van der Waals surface area contributed by atoms with E-state index in [0.717, 1.165) is 0 Å². The van der Waals surface area contributed by atoms with Gasteiger partial charge in [-0.05, 0) is 19.1 Å². The quantitative estimate of drug-likeness (QED) is 0.836. The summed E-state index contributed by atoms with van der Waals surface area (Å²) in [4.78, 5) is 29.6. The third kappa shape index (κ3) is 2.68. The van der Waals surface area contributed by atoms with Gasteiger partial charge in [0.1, 0.15) is 0 Å². The number of hydrogen-bond acceptors (Lipinski definition) is 6. The maximum absolute atomic E-state index is 12.3. The maximum Gasteiger partial charge on any atom is 0.251 e. The van der Waals surface area contributed by atoms with Crippen LogP contribution in [0.1, 0.15) is 18.1 Å². The van der Waals surface area contributed by atoms with Gasteiger partial charge in [0, 0.05) is 0 Å². The highest BCUT2D eigenvalue weighted by Crippen LogP contribution is 2.22. The lowest BCUT2D eigenvalue weighted by atomic mass is 10.2. The van der Waals surface area contributed by atoms with Crippen molar-refractivity contribution in [2.24, 2.45) is 0 Å². The number of aromatic nitrogens is 2. The van der Waals surface area contributed by atoms with E-state index in [1.807, 2.05) is 6.07 Å². The number of carbonyl (C=O) groups excluding carboxylic acids is 2. The summed E-state index contributed by atoms with van der Waals surface area (Å²) in [6.45, 7) is 1.97. The monoisotopic (exact) mass is 286 g/mol. The molecule has 1 saturated heterocycles. The van der Waals surface area contributed by atoms with Gasteiger partial charge in [0.2, 0.25) is 11.8 Å². The normalized spacial score (nSPS) is 18.5. The molecule has 7 nitrogen and oxygen atoms in total. The molecule has 0 radical (unpaired) electrons. The van der Waals surface area contributed by atoms with E-state index in [1.54, 1.807) is 31.2 Å². The van der Waals surface area contributed by atoms with Gasteiger partial charge >= 0.3 is 0 Å². The minimum absolute atomic E-state index is 0.126. The van der Waals surface area contributed by atoms with Crippen molar-refractivity contribution in [1.29, 1.82) is 0 Å². The molecule has 2 aromatic rings. The van der Waals surface area contributed by atoms with Gasteiger partial charge in [0.05, 0.1) is 24.7 Å². The Morgan fingerprint density at radius 2 is 2.10 bits per heavy atom. The van der Waals surface area contributed by atoms with Crippen LogP contribution in [0.15, 0.2) is 34.9 Å². The summed E-state index contributed by atoms with van der Waals surface area (Å²) in [6, 6.07) is 8.32. The molecule has 0 aliphatic carbocycles. The molecule has 2 amide bonds. The van der Waals surface area contributed by atoms with Crippen LogP contribution in [-0.2, 0) is 16.1 Å². The molecule has 0 saturated carbocycles. The third-order valence-electron chi connectivity index (χ3n) is 3.23. The summed E-state index contributed by atoms with van der Waals surface area (Å²) in [7, 11) is 0. The standard InChI is InChI=1S/C14H14N4O3/c1-9-16-12(21-17-9)8-15-11-7-13(19)18(14(11)20)10-5-3-2-4-6-10/h2-6,11,15H,7-8H2,1H3. The number of anilines is 1. The van der Waals surface area contributed by atoms with Crippen molar-refractivity contribution in [1.82, 2.24) is 15.5 Å². The molecule has 1 atom stereocenters. The molecule has 3 rings (SSSR count). The minimum atomic E-state index is -0.565. The van der Waals surface area contributed by atoms with Crippen molar-refractivity contribution in [3.63, 3.8) is 0 Å². The van der Waals surface area contributed by atoms with Crippen LogP contribution in [0.4, 0.5) is 5.69 Å². The first kappa shape index (κ1) is 13.4. The van der Waals surface area contributed by atoms with E-state index in [1.165, 1.54) is 4.90 Å². The molecule has 0 spiro atoms. The largest absolute Gasteiger partial charge is 0.338 e. The Morgan fingerprint density at radius 1 is 1.33 bits per heavy atom. The van der Waals surface area contributed by atoms with E-state index < -0.39 is 6.04 Å². The summed E-state index contributed by atoms with van der Waals surface area (Å²) in [6.07, 6.45) is 0.126. The Labute approximate surface area is 120 Å². The second-order valence-electron chi connectivity index (χ2n) is 4.78. The van der Waals surface area contributed by atoms with Gasteiger partial charge in [-0.2, -0.15) is 4.98 Å². The number of rotatable bonds is 4. The predicted octanol–water partition coefficient (Wildman–Crippen LogP) is 0.800. The SMILES string of the molecule is Cc1noc(CNC2CC(=O)N(c3ccccc3)C2=O)n1. The highest BCUT2D eigenvalue weighted by Gasteiger charge is 2.39. The molecule has 1 N–H and O–H groups in total. The number of aryl methyl sites for hydroxylation is 1. The van der Waals surface area contributed by atoms with Gasteiger partial charge in [-0.15, -0.1) is 0 Å². The van der Waals surface area contributed by atoms with Gasteiger partial charge in [0.15, 0.2) is 5.82 Å². The fraction of sp³-hybridized carbons (Fsp3) is 0.286. The smallest absolute Gasteiger partial charge is 0.251 e. The number of amides is 2. The molecule has 0 bridgehead atoms. The van der Waals surface area contributed by atoms with Gasteiger partial charge in [-0.25, -0.2) is 4.90 Å². The van der Waals surface area contributed by atoms with Crippen molar-refractivity contribution in [3.8, 4) is 0 Å². The van der Waals surface area contributed by atoms with Crippen LogP contribution in [-0.4, -0.2) is 28.0 Å². The molecular weight excluding hydrogens is 272 g/mol. The van der Waals surface area contributed by atoms with Gasteiger partial charge in [-0.1, -0.05) is 23.4 Å². The van der Waals surface area contributed by atoms with Crippen LogP contribution in [0.2, 0.25) is 0 Å². The first-order valence-electron chi connectivity index (χ1n) is 6.59. The predicted molar refractivity (Wildman–Crippen MR) is 73.2 cm³/mol. The number of hydrogen-bond donors (Lipinski definition) is 1. The lowest BCUT2D eigenvalue weighted by Crippen LogP contribution is -2.38. The number of carbonyl (C=O) groups is 2. The second kappa shape index (κ2) is 5.45. The van der Waals surface area contributed by atoms with E-state index in [4.69, 9.17) is 4.52 Å². The number of benzene rings is 1. The van der Waals surface area contributed by atoms with Crippen LogP contribution in [0.25, 0.3) is 0 Å². The van der Waals surface area contributed by atoms with Crippen LogP contribution < -0.4 is 10.2 Å². The first-order chi connectivity index (χ1) is 10.1. The van der Waals surface area contributed by atoms with E-state index in [-0.39, 0.29) is 24.8 Å². The number of imide groups is 1. The van der Waals surface area contributed by atoms with Crippen molar-refractivity contribution in [2.75, 3.05) is 4.90 Å². The second-order valence-corrected chi connectivity index (χ2v) is 4.78. The van der Waals surface area contributed by atoms with Gasteiger partial charge in [-0.3, -0.25) is 14.9 Å². The molecule has 1 aromatic heterocycles. The number of para-hydroxylation sites is 1. The maximum atomic E-state index is 12.3. The highest BCUT2D eigenvalue weighted by molar-refractivity contribution is 6.22. The molecule has 1 aliphatic heterocycles. The number of nitrogens with zero attached hydrogens (tertiary/aromatic N) is 3. The molecule has 2 heterocycles. The summed E-state index contributed by atoms with van der Waals surface area (Å²) in [5.41, 5.74) is 0.588. The van der Waals surface area contributed by atoms with Crippen LogP contribution in [0, 0.1) is 6.92 Å². The molecule has 1 unspecified atom stereocenters. The molecule has 108 valence electrons. The zero-order valence-corrected chi connectivity index (χ0v) is 11.4. The molecule has 1 aliphatic rings. The summed E-state index contributed by atoms with van der Waals surface area (Å²) in [5, 5.41) is 6.65. The van der Waals surface area contributed by atoms with E-state index >= 15 is 0 Å². The van der Waals surface area contributed by atoms with E-state index in [2.05, 4.69) is 15.5 Å². The Hall–Kier alpha value is -2.54. The zero-order chi connectivity index (χ0) is 14.8. The molecule has 7 heteroatoms.